The number of methoxy groups -OCH3 is 3. The van der Waals surface area contributed by atoms with Gasteiger partial charge in [-0.25, -0.2) is 0 Å². The predicted octanol–water partition coefficient (Wildman–Crippen LogP) is 20.2. The minimum atomic E-state index is -0.706. The molecule has 0 fully saturated rings. The number of ether oxygens (including phenoxy) is 3. The molecule has 22 heteroatoms. The highest BCUT2D eigenvalue weighted by Crippen LogP contribution is 2.39. The van der Waals surface area contributed by atoms with Gasteiger partial charge in [0.2, 0.25) is 5.75 Å². The van der Waals surface area contributed by atoms with Crippen LogP contribution in [-0.2, 0) is 56.7 Å². The van der Waals surface area contributed by atoms with Gasteiger partial charge in [-0.1, -0.05) is 145 Å². The molecule has 5 aromatic carbocycles. The van der Waals surface area contributed by atoms with Crippen LogP contribution in [0.3, 0.4) is 0 Å². The lowest BCUT2D eigenvalue weighted by Gasteiger charge is -2.27. The number of hydrogen-bond acceptors (Lipinski definition) is 8. The number of benzene rings is 5. The van der Waals surface area contributed by atoms with Crippen molar-refractivity contribution in [3.63, 3.8) is 0 Å². The van der Waals surface area contributed by atoms with Crippen LogP contribution in [0.1, 0.15) is 174 Å². The second-order valence-electron chi connectivity index (χ2n) is 33.0. The zero-order chi connectivity index (χ0) is 86.1. The van der Waals surface area contributed by atoms with E-state index in [1.807, 2.05) is 77.1 Å². The van der Waals surface area contributed by atoms with Crippen molar-refractivity contribution < 1.29 is 86.1 Å². The Kier molecular flexibility index (Phi) is 54.8. The number of hydrogen-bond donors (Lipinski definition) is 5. The third kappa shape index (κ3) is 52.1. The highest BCUT2D eigenvalue weighted by molar-refractivity contribution is 6.42. The number of carboxylic acid groups (broad SMARTS) is 5. The number of nitrogens with zero attached hydrogens (tertiary/aromatic N) is 5. The van der Waals surface area contributed by atoms with Gasteiger partial charge in [0, 0.05) is 32.8 Å². The van der Waals surface area contributed by atoms with E-state index in [1.54, 1.807) is 62.0 Å². The lowest BCUT2D eigenvalue weighted by molar-refractivity contribution is -0.884. The van der Waals surface area contributed by atoms with Gasteiger partial charge in [0.05, 0.1) is 172 Å². The molecule has 0 amide bonds. The van der Waals surface area contributed by atoms with Crippen molar-refractivity contribution in [3.8, 4) is 17.2 Å². The third-order valence-electron chi connectivity index (χ3n) is 17.1. The fourth-order valence-electron chi connectivity index (χ4n) is 9.22. The summed E-state index contributed by atoms with van der Waals surface area (Å²) in [6, 6.07) is 20.0. The Morgan fingerprint density at radius 1 is 0.343 bits per heavy atom. The van der Waals surface area contributed by atoms with E-state index in [9.17, 15) is 24.0 Å². The summed E-state index contributed by atoms with van der Waals surface area (Å²) in [5, 5.41) is 43.6. The van der Waals surface area contributed by atoms with Gasteiger partial charge in [-0.05, 0) is 163 Å². The fraction of sp³-hybridized carbons (Fsp3) is 0.593. The maximum absolute atomic E-state index is 9.93. The molecular formula is C86H148Cl4N5O13+5. The second kappa shape index (κ2) is 53.7. The summed E-state index contributed by atoms with van der Waals surface area (Å²) >= 11 is 23.6. The minimum absolute atomic E-state index is 0.181. The Labute approximate surface area is 674 Å². The Morgan fingerprint density at radius 3 is 0.889 bits per heavy atom. The van der Waals surface area contributed by atoms with Crippen molar-refractivity contribution >= 4 is 76.3 Å². The maximum Gasteiger partial charge on any atom is 0.306 e. The smallest absolute Gasteiger partial charge is 0.306 e. The lowest BCUT2D eigenvalue weighted by Crippen LogP contribution is -2.34. The Hall–Kier alpha value is -6.19. The number of quaternary nitrogens is 5. The standard InChI is InChI=1S/C15H26N.C13H22NO3.C13H22N.2C10H14Cl2N.5C5H10O2/c1-10-11(2)13(4)15(9-16(6,7)8)14(5)12(10)3;1-14(2,3)9-10-7-11(15-4)13(17-6)12(8-10)16-5;1-10-7-11(2)13(12(3)8-10)9-14(4,5)6;1-13(2,3)7-8-4-5-9(11)6-10(8)12;1-13(2,3)7-8-4-5-9(11)10(12)6-8;5*1-3-4(2)5(6)7/h9H2,1-8H3;7-8H,9H2,1-6H3;7-8H,9H2,1-6H3;2*4-6H,7H2,1-3H3;5*4H,3H2,1-2H3,(H,6,7)/q5*+1;;;;;. The molecule has 0 saturated heterocycles. The van der Waals surface area contributed by atoms with Gasteiger partial charge in [0.25, 0.3) is 0 Å². The predicted molar refractivity (Wildman–Crippen MR) is 454 cm³/mol. The average molecular weight is 1600 g/mol. The molecule has 0 aliphatic rings. The number of rotatable bonds is 23. The summed E-state index contributed by atoms with van der Waals surface area (Å²) in [6.07, 6.45) is 3.59. The molecule has 0 aliphatic heterocycles. The molecule has 5 aromatic rings. The summed E-state index contributed by atoms with van der Waals surface area (Å²) in [5.74, 6) is -2.39. The van der Waals surface area contributed by atoms with Gasteiger partial charge in [0.15, 0.2) is 11.5 Å². The molecule has 18 nitrogen and oxygen atoms in total. The maximum atomic E-state index is 9.93. The summed E-state index contributed by atoms with van der Waals surface area (Å²) in [7, 11) is 37.6. The lowest BCUT2D eigenvalue weighted by atomic mass is 9.89. The zero-order valence-corrected chi connectivity index (χ0v) is 76.5. The first-order chi connectivity index (χ1) is 49.0. The van der Waals surface area contributed by atoms with E-state index in [0.29, 0.717) is 32.3 Å². The van der Waals surface area contributed by atoms with Crippen LogP contribution in [0.25, 0.3) is 0 Å². The highest BCUT2D eigenvalue weighted by atomic mass is 35.5. The summed E-state index contributed by atoms with van der Waals surface area (Å²) in [5.41, 5.74) is 18.1. The summed E-state index contributed by atoms with van der Waals surface area (Å²) in [6.45, 7) is 40.6. The molecule has 5 atom stereocenters. The number of halogens is 4. The van der Waals surface area contributed by atoms with Crippen molar-refractivity contribution in [1.29, 1.82) is 0 Å². The average Bonchev–Trinajstić information content (AvgIpc) is 0.802. The highest BCUT2D eigenvalue weighted by Gasteiger charge is 2.21. The molecule has 0 spiro atoms. The Morgan fingerprint density at radius 2 is 0.639 bits per heavy atom. The summed E-state index contributed by atoms with van der Waals surface area (Å²) in [4.78, 5) is 49.7. The van der Waals surface area contributed by atoms with Gasteiger partial charge < -0.3 is 62.2 Å². The molecule has 0 saturated carbocycles. The van der Waals surface area contributed by atoms with E-state index < -0.39 is 29.8 Å². The molecule has 0 radical (unpaired) electrons. The van der Waals surface area contributed by atoms with Crippen molar-refractivity contribution in [3.05, 3.63) is 153 Å². The van der Waals surface area contributed by atoms with Crippen LogP contribution in [0.2, 0.25) is 20.1 Å². The normalized spacial score (nSPS) is 12.3. The van der Waals surface area contributed by atoms with Crippen molar-refractivity contribution in [2.24, 2.45) is 29.6 Å². The Balaban J connectivity index is -0.000000371. The van der Waals surface area contributed by atoms with Crippen molar-refractivity contribution in [2.75, 3.05) is 127 Å². The molecule has 5 N–H and O–H groups in total. The van der Waals surface area contributed by atoms with Crippen LogP contribution in [0.15, 0.2) is 60.7 Å². The van der Waals surface area contributed by atoms with Crippen LogP contribution < -0.4 is 14.2 Å². The number of carboxylic acids is 5. The first-order valence-electron chi connectivity index (χ1n) is 37.0. The molecular weight excluding hydrogens is 1450 g/mol. The SMILES string of the molecule is CCC(C)C(=O)O.CCC(C)C(=O)O.CCC(C)C(=O)O.CCC(C)C(=O)O.CCC(C)C(=O)O.COc1cc(C[N+](C)(C)C)cc(OC)c1OC.C[N+](C)(C)Cc1ccc(Cl)c(Cl)c1.C[N+](C)(C)Cc1ccc(Cl)cc1Cl.Cc1c(C)c(C)c(C[N+](C)(C)C)c(C)c1C.Cc1cc(C)c(C[N+](C)(C)C)c(C)c1. The molecule has 0 aliphatic carbocycles. The zero-order valence-electron chi connectivity index (χ0n) is 73.5. The van der Waals surface area contributed by atoms with Gasteiger partial charge >= 0.3 is 29.8 Å². The topological polar surface area (TPSA) is 214 Å². The molecule has 0 bridgehead atoms. The molecule has 108 heavy (non-hydrogen) atoms. The van der Waals surface area contributed by atoms with Crippen LogP contribution in [0, 0.1) is 85.0 Å². The first-order valence-corrected chi connectivity index (χ1v) is 38.5. The third-order valence-corrected chi connectivity index (χ3v) is 18.4. The van der Waals surface area contributed by atoms with Crippen molar-refractivity contribution in [2.45, 2.75) is 189 Å². The summed E-state index contributed by atoms with van der Waals surface area (Å²) < 4.78 is 20.5. The quantitative estimate of drug-likeness (QED) is 0.0386. The molecule has 0 heterocycles. The van der Waals surface area contributed by atoms with Gasteiger partial charge in [0.1, 0.15) is 32.7 Å². The van der Waals surface area contributed by atoms with Gasteiger partial charge in [-0.15, -0.1) is 0 Å². The molecule has 5 rings (SSSR count). The van der Waals surface area contributed by atoms with E-state index in [0.717, 1.165) is 103 Å². The fourth-order valence-corrected chi connectivity index (χ4v) is 10.0. The molecule has 0 aromatic heterocycles. The number of aryl methyl sites for hydroxylation is 3. The molecule has 618 valence electrons. The van der Waals surface area contributed by atoms with E-state index >= 15 is 0 Å². The van der Waals surface area contributed by atoms with Crippen LogP contribution in [-0.4, -0.2) is 205 Å². The van der Waals surface area contributed by atoms with Crippen LogP contribution in [0.4, 0.5) is 0 Å². The molecule has 5 unspecified atom stereocenters. The van der Waals surface area contributed by atoms with Gasteiger partial charge in [-0.2, -0.15) is 0 Å². The van der Waals surface area contributed by atoms with E-state index in [4.69, 9.17) is 86.1 Å². The monoisotopic (exact) mass is 1600 g/mol. The van der Waals surface area contributed by atoms with E-state index in [-0.39, 0.29) is 29.6 Å². The largest absolute Gasteiger partial charge is 0.493 e. The van der Waals surface area contributed by atoms with Crippen LogP contribution in [0.5, 0.6) is 17.2 Å². The Bertz CT molecular complexity index is 3300. The number of carbonyl (C=O) groups is 5. The van der Waals surface area contributed by atoms with Gasteiger partial charge in [-0.3, -0.25) is 24.0 Å². The van der Waals surface area contributed by atoms with Crippen LogP contribution >= 0.6 is 46.4 Å². The van der Waals surface area contributed by atoms with E-state index in [2.05, 4.69) is 173 Å². The first kappa shape index (κ1) is 110. The second-order valence-corrected chi connectivity index (χ2v) is 34.6. The van der Waals surface area contributed by atoms with Crippen molar-refractivity contribution in [1.82, 2.24) is 0 Å². The number of aliphatic carboxylic acids is 5. The van der Waals surface area contributed by atoms with E-state index in [1.165, 1.54) is 61.2 Å². The minimum Gasteiger partial charge on any atom is -0.493 e.